The Morgan fingerprint density at radius 3 is 2.49 bits per heavy atom. The molecule has 1 saturated carbocycles. The van der Waals surface area contributed by atoms with Crippen molar-refractivity contribution < 1.29 is 19.1 Å². The Morgan fingerprint density at radius 1 is 1.03 bits per heavy atom. The summed E-state index contributed by atoms with van der Waals surface area (Å²) in [6.07, 6.45) is 4.00. The lowest BCUT2D eigenvalue weighted by molar-refractivity contribution is -0.126. The van der Waals surface area contributed by atoms with Crippen molar-refractivity contribution in [2.24, 2.45) is 0 Å². The second-order valence-corrected chi connectivity index (χ2v) is 9.38. The average molecular weight is 492 g/mol. The molecule has 0 spiro atoms. The number of rotatable bonds is 9. The molecule has 0 unspecified atom stereocenters. The average Bonchev–Trinajstić information content (AvgIpc) is 3.61. The van der Waals surface area contributed by atoms with Crippen LogP contribution in [0.25, 0.3) is 0 Å². The molecule has 2 N–H and O–H groups in total. The zero-order chi connectivity index (χ0) is 24.6. The molecule has 3 aromatic rings. The first-order valence-electron chi connectivity index (χ1n) is 11.7. The molecule has 1 aliphatic carbocycles. The normalized spacial score (nSPS) is 14.2. The van der Waals surface area contributed by atoms with Crippen molar-refractivity contribution in [3.63, 3.8) is 0 Å². The predicted octanol–water partition coefficient (Wildman–Crippen LogP) is 4.32. The van der Waals surface area contributed by atoms with Crippen LogP contribution >= 0.6 is 11.3 Å². The molecule has 8 heteroatoms. The third kappa shape index (κ3) is 6.08. The van der Waals surface area contributed by atoms with E-state index >= 15 is 0 Å². The standard InChI is InChI=1S/C27H29N3O4S/c1-34-22-14-7-9-19(17-22)25(27(33)29-20-10-5-6-11-20)30(21-12-3-2-4-13-21)24(31)18-28-26(32)23-15-8-16-35-23/h2-4,7-9,12-17,20,25H,5-6,10-11,18H2,1H3,(H,28,32)(H,29,33)/t25-/m1/s1. The Bertz CT molecular complexity index is 1140. The van der Waals surface area contributed by atoms with Gasteiger partial charge >= 0.3 is 0 Å². The lowest BCUT2D eigenvalue weighted by Gasteiger charge is -2.32. The summed E-state index contributed by atoms with van der Waals surface area (Å²) in [4.78, 5) is 41.8. The summed E-state index contributed by atoms with van der Waals surface area (Å²) in [5.74, 6) is -0.384. The number of hydrogen-bond acceptors (Lipinski definition) is 5. The Hall–Kier alpha value is -3.65. The zero-order valence-corrected chi connectivity index (χ0v) is 20.4. The second kappa shape index (κ2) is 11.7. The van der Waals surface area contributed by atoms with Crippen molar-refractivity contribution in [2.45, 2.75) is 37.8 Å². The van der Waals surface area contributed by atoms with Crippen LogP contribution in [0.3, 0.4) is 0 Å². The van der Waals surface area contributed by atoms with E-state index in [-0.39, 0.29) is 24.4 Å². The summed E-state index contributed by atoms with van der Waals surface area (Å²) in [6.45, 7) is -0.247. The van der Waals surface area contributed by atoms with E-state index in [2.05, 4.69) is 10.6 Å². The van der Waals surface area contributed by atoms with E-state index in [1.165, 1.54) is 16.2 Å². The first-order chi connectivity index (χ1) is 17.1. The maximum absolute atomic E-state index is 13.7. The molecule has 3 amide bonds. The maximum Gasteiger partial charge on any atom is 0.261 e. The summed E-state index contributed by atoms with van der Waals surface area (Å²) in [6, 6.07) is 18.9. The number of nitrogens with one attached hydrogen (secondary N) is 2. The van der Waals surface area contributed by atoms with E-state index in [0.717, 1.165) is 25.7 Å². The van der Waals surface area contributed by atoms with Crippen molar-refractivity contribution in [2.75, 3.05) is 18.6 Å². The van der Waals surface area contributed by atoms with Crippen LogP contribution in [0, 0.1) is 0 Å². The number of methoxy groups -OCH3 is 1. The number of thiophene rings is 1. The van der Waals surface area contributed by atoms with Crippen molar-refractivity contribution in [3.05, 3.63) is 82.6 Å². The van der Waals surface area contributed by atoms with Gasteiger partial charge in [0.05, 0.1) is 18.5 Å². The van der Waals surface area contributed by atoms with E-state index in [0.29, 0.717) is 21.9 Å². The van der Waals surface area contributed by atoms with Crippen molar-refractivity contribution >= 4 is 34.7 Å². The Morgan fingerprint density at radius 2 is 1.80 bits per heavy atom. The van der Waals surface area contributed by atoms with Gasteiger partial charge in [-0.3, -0.25) is 19.3 Å². The number of carbonyl (C=O) groups excluding carboxylic acids is 3. The fraction of sp³-hybridized carbons (Fsp3) is 0.296. The smallest absolute Gasteiger partial charge is 0.261 e. The van der Waals surface area contributed by atoms with E-state index < -0.39 is 11.9 Å². The fourth-order valence-corrected chi connectivity index (χ4v) is 4.98. The first-order valence-corrected chi connectivity index (χ1v) is 12.6. The van der Waals surface area contributed by atoms with Crippen molar-refractivity contribution in [3.8, 4) is 5.75 Å². The van der Waals surface area contributed by atoms with Gasteiger partial charge in [-0.05, 0) is 54.1 Å². The van der Waals surface area contributed by atoms with Gasteiger partial charge in [-0.25, -0.2) is 0 Å². The van der Waals surface area contributed by atoms with Gasteiger partial charge in [-0.15, -0.1) is 11.3 Å². The number of carbonyl (C=O) groups is 3. The highest BCUT2D eigenvalue weighted by Gasteiger charge is 2.34. The molecule has 0 bridgehead atoms. The molecule has 1 aliphatic rings. The molecule has 7 nitrogen and oxygen atoms in total. The van der Waals surface area contributed by atoms with Crippen molar-refractivity contribution in [1.82, 2.24) is 10.6 Å². The molecule has 1 heterocycles. The fourth-order valence-electron chi connectivity index (χ4n) is 4.34. The van der Waals surface area contributed by atoms with Crippen LogP contribution in [0.15, 0.2) is 72.1 Å². The van der Waals surface area contributed by atoms with E-state index in [9.17, 15) is 14.4 Å². The van der Waals surface area contributed by atoms with Gasteiger partial charge in [0.2, 0.25) is 11.8 Å². The number of amides is 3. The largest absolute Gasteiger partial charge is 0.497 e. The van der Waals surface area contributed by atoms with Crippen LogP contribution < -0.4 is 20.3 Å². The van der Waals surface area contributed by atoms with Gasteiger partial charge in [-0.2, -0.15) is 0 Å². The number of para-hydroxylation sites is 1. The summed E-state index contributed by atoms with van der Waals surface area (Å²) in [5, 5.41) is 7.65. The Labute approximate surface area is 209 Å². The molecule has 182 valence electrons. The molecule has 0 radical (unpaired) electrons. The topological polar surface area (TPSA) is 87.7 Å². The molecule has 35 heavy (non-hydrogen) atoms. The summed E-state index contributed by atoms with van der Waals surface area (Å²) in [5.41, 5.74) is 1.19. The monoisotopic (exact) mass is 491 g/mol. The lowest BCUT2D eigenvalue weighted by atomic mass is 10.0. The third-order valence-electron chi connectivity index (χ3n) is 6.07. The molecule has 4 rings (SSSR count). The molecule has 0 saturated heterocycles. The van der Waals surface area contributed by atoms with Gasteiger partial charge in [0.1, 0.15) is 11.8 Å². The van der Waals surface area contributed by atoms with E-state index in [1.807, 2.05) is 24.3 Å². The molecule has 0 aliphatic heterocycles. The number of benzene rings is 2. The number of ether oxygens (including phenoxy) is 1. The SMILES string of the molecule is COc1cccc([C@H](C(=O)NC2CCCC2)N(C(=O)CNC(=O)c2cccs2)c2ccccc2)c1. The van der Waals surface area contributed by atoms with Gasteiger partial charge in [0.25, 0.3) is 5.91 Å². The van der Waals surface area contributed by atoms with Crippen LogP contribution in [0.4, 0.5) is 5.69 Å². The molecular formula is C27H29N3O4S. The third-order valence-corrected chi connectivity index (χ3v) is 6.93. The zero-order valence-electron chi connectivity index (χ0n) is 19.6. The predicted molar refractivity (Wildman–Crippen MR) is 137 cm³/mol. The summed E-state index contributed by atoms with van der Waals surface area (Å²) >= 11 is 1.30. The maximum atomic E-state index is 13.7. The van der Waals surface area contributed by atoms with Gasteiger partial charge in [0, 0.05) is 11.7 Å². The quantitative estimate of drug-likeness (QED) is 0.467. The van der Waals surface area contributed by atoms with Crippen LogP contribution in [0.5, 0.6) is 5.75 Å². The van der Waals surface area contributed by atoms with Gasteiger partial charge in [-0.1, -0.05) is 49.2 Å². The van der Waals surface area contributed by atoms with Crippen molar-refractivity contribution in [1.29, 1.82) is 0 Å². The number of anilines is 1. The highest BCUT2D eigenvalue weighted by atomic mass is 32.1. The van der Waals surface area contributed by atoms with Crippen LogP contribution in [0.2, 0.25) is 0 Å². The van der Waals surface area contributed by atoms with E-state index in [1.54, 1.807) is 55.0 Å². The number of nitrogens with zero attached hydrogens (tertiary/aromatic N) is 1. The minimum Gasteiger partial charge on any atom is -0.497 e. The molecule has 1 aromatic heterocycles. The lowest BCUT2D eigenvalue weighted by Crippen LogP contribution is -2.49. The molecule has 1 fully saturated rings. The minimum atomic E-state index is -0.931. The number of hydrogen-bond donors (Lipinski definition) is 2. The van der Waals surface area contributed by atoms with Crippen LogP contribution in [0.1, 0.15) is 47.0 Å². The Kier molecular flexibility index (Phi) is 8.15. The second-order valence-electron chi connectivity index (χ2n) is 8.43. The van der Waals surface area contributed by atoms with Crippen LogP contribution in [-0.2, 0) is 9.59 Å². The van der Waals surface area contributed by atoms with Crippen LogP contribution in [-0.4, -0.2) is 37.4 Å². The minimum absolute atomic E-state index is 0.0851. The summed E-state index contributed by atoms with van der Waals surface area (Å²) < 4.78 is 5.39. The first kappa shape index (κ1) is 24.5. The summed E-state index contributed by atoms with van der Waals surface area (Å²) in [7, 11) is 1.56. The van der Waals surface area contributed by atoms with E-state index in [4.69, 9.17) is 4.74 Å². The molecule has 1 atom stereocenters. The highest BCUT2D eigenvalue weighted by molar-refractivity contribution is 7.12. The highest BCUT2D eigenvalue weighted by Crippen LogP contribution is 2.31. The van der Waals surface area contributed by atoms with Gasteiger partial charge in [0.15, 0.2) is 0 Å². The molecule has 2 aromatic carbocycles. The molecular weight excluding hydrogens is 462 g/mol. The Balaban J connectivity index is 1.68. The van der Waals surface area contributed by atoms with Gasteiger partial charge < -0.3 is 15.4 Å².